The minimum atomic E-state index is -0.455. The summed E-state index contributed by atoms with van der Waals surface area (Å²) in [5, 5.41) is 8.19. The molecule has 0 amide bonds. The van der Waals surface area contributed by atoms with Crippen molar-refractivity contribution < 1.29 is 33.7 Å². The molecule has 0 radical (unpaired) electrons. The summed E-state index contributed by atoms with van der Waals surface area (Å²) < 4.78 is 13.2. The largest absolute Gasteiger partial charge is 0.466 e. The van der Waals surface area contributed by atoms with E-state index in [2.05, 4.69) is 40.5 Å². The van der Waals surface area contributed by atoms with Crippen LogP contribution in [0.3, 0.4) is 0 Å². The van der Waals surface area contributed by atoms with Crippen LogP contribution in [0.2, 0.25) is 0 Å². The van der Waals surface area contributed by atoms with Crippen LogP contribution in [0, 0.1) is 0 Å². The fourth-order valence-corrected chi connectivity index (χ4v) is 1.23. The molecule has 1 aromatic carbocycles. The number of hydrogen-bond donors (Lipinski definition) is 1. The summed E-state index contributed by atoms with van der Waals surface area (Å²) in [6.07, 6.45) is 2.98. The van der Waals surface area contributed by atoms with Crippen LogP contribution in [0.15, 0.2) is 73.9 Å². The quantitative estimate of drug-likeness (QED) is 0.395. The number of methoxy groups -OCH3 is 1. The summed E-state index contributed by atoms with van der Waals surface area (Å²) in [6, 6.07) is 10.0. The molecule has 0 atom stereocenters. The standard InChI is InChI=1S/C8H8.C6H10O3.2C5H8O2/c1-2-8-6-4-3-5-7-8;1-5(2)6(8)9-4-3-7;1-4(2)5(6)7-3;1-3-5(6)7-4-2/h2-7H,1H2;7H,1,3-4H2,2H3;1H2,2-3H3;3H,1,4H2,2H3. The molecule has 0 fully saturated rings. The third-order valence-electron chi connectivity index (χ3n) is 2.70. The minimum absolute atomic E-state index is 0.0473. The lowest BCUT2D eigenvalue weighted by atomic mass is 10.2. The third kappa shape index (κ3) is 24.5. The SMILES string of the molecule is C=C(C)C(=O)OC.C=C(C)C(=O)OCCO.C=CC(=O)OCC.C=Cc1ccccc1. The summed E-state index contributed by atoms with van der Waals surface area (Å²) in [4.78, 5) is 30.7. The Labute approximate surface area is 185 Å². The van der Waals surface area contributed by atoms with Crippen LogP contribution in [0.25, 0.3) is 6.08 Å². The Morgan fingerprint density at radius 1 is 0.968 bits per heavy atom. The summed E-state index contributed by atoms with van der Waals surface area (Å²) in [7, 11) is 1.33. The normalized spacial score (nSPS) is 8.16. The highest BCUT2D eigenvalue weighted by Crippen LogP contribution is 1.97. The molecular formula is C24H34O7. The van der Waals surface area contributed by atoms with Gasteiger partial charge < -0.3 is 19.3 Å². The van der Waals surface area contributed by atoms with Crippen LogP contribution >= 0.6 is 0 Å². The van der Waals surface area contributed by atoms with Crippen molar-refractivity contribution in [3.05, 3.63) is 79.4 Å². The van der Waals surface area contributed by atoms with Gasteiger partial charge in [-0.3, -0.25) is 0 Å². The van der Waals surface area contributed by atoms with Crippen molar-refractivity contribution in [1.29, 1.82) is 0 Å². The molecule has 0 aliphatic rings. The van der Waals surface area contributed by atoms with E-state index in [0.29, 0.717) is 17.8 Å². The Morgan fingerprint density at radius 2 is 1.48 bits per heavy atom. The number of rotatable bonds is 7. The lowest BCUT2D eigenvalue weighted by Crippen LogP contribution is -2.08. The van der Waals surface area contributed by atoms with Crippen LogP contribution in [0.5, 0.6) is 0 Å². The summed E-state index contributed by atoms with van der Waals surface area (Å²) in [5.74, 6) is -1.16. The summed E-state index contributed by atoms with van der Waals surface area (Å²) >= 11 is 0. The second kappa shape index (κ2) is 22.8. The Hall–Kier alpha value is -3.45. The van der Waals surface area contributed by atoms with E-state index in [0.717, 1.165) is 6.08 Å². The number of esters is 3. The highest BCUT2D eigenvalue weighted by molar-refractivity contribution is 5.87. The topological polar surface area (TPSA) is 99.1 Å². The molecule has 0 aliphatic carbocycles. The third-order valence-corrected chi connectivity index (χ3v) is 2.70. The molecule has 7 nitrogen and oxygen atoms in total. The zero-order valence-electron chi connectivity index (χ0n) is 18.9. The van der Waals surface area contributed by atoms with E-state index in [4.69, 9.17) is 5.11 Å². The Balaban J connectivity index is -0.000000339. The molecule has 0 spiro atoms. The van der Waals surface area contributed by atoms with E-state index in [1.807, 2.05) is 36.4 Å². The van der Waals surface area contributed by atoms with E-state index >= 15 is 0 Å². The van der Waals surface area contributed by atoms with E-state index < -0.39 is 5.97 Å². The van der Waals surface area contributed by atoms with Gasteiger partial charge in [-0.1, -0.05) is 62.7 Å². The Bertz CT molecular complexity index is 689. The maximum Gasteiger partial charge on any atom is 0.333 e. The molecule has 1 rings (SSSR count). The summed E-state index contributed by atoms with van der Waals surface area (Å²) in [5.41, 5.74) is 1.96. The highest BCUT2D eigenvalue weighted by atomic mass is 16.5. The van der Waals surface area contributed by atoms with E-state index in [-0.39, 0.29) is 25.2 Å². The summed E-state index contributed by atoms with van der Waals surface area (Å²) in [6.45, 7) is 18.8. The molecule has 172 valence electrons. The molecule has 0 saturated carbocycles. The first kappa shape index (κ1) is 32.2. The van der Waals surface area contributed by atoms with Gasteiger partial charge in [0.15, 0.2) is 0 Å². The molecule has 1 N–H and O–H groups in total. The fraction of sp³-hybridized carbons (Fsp3) is 0.292. The van der Waals surface area contributed by atoms with Crippen LogP contribution in [0.1, 0.15) is 26.3 Å². The van der Waals surface area contributed by atoms with Gasteiger partial charge in [0.2, 0.25) is 0 Å². The first-order chi connectivity index (χ1) is 14.6. The number of carbonyl (C=O) groups excluding carboxylic acids is 3. The van der Waals surface area contributed by atoms with E-state index in [1.54, 1.807) is 20.8 Å². The van der Waals surface area contributed by atoms with Gasteiger partial charge in [0.25, 0.3) is 0 Å². The first-order valence-corrected chi connectivity index (χ1v) is 9.25. The van der Waals surface area contributed by atoms with E-state index in [1.165, 1.54) is 12.7 Å². The van der Waals surface area contributed by atoms with Crippen molar-refractivity contribution in [3.63, 3.8) is 0 Å². The molecular weight excluding hydrogens is 400 g/mol. The second-order valence-corrected chi connectivity index (χ2v) is 5.48. The highest BCUT2D eigenvalue weighted by Gasteiger charge is 1.99. The number of carbonyl (C=O) groups is 3. The van der Waals surface area contributed by atoms with Gasteiger partial charge in [-0.15, -0.1) is 0 Å². The van der Waals surface area contributed by atoms with Crippen LogP contribution in [-0.2, 0) is 28.6 Å². The lowest BCUT2D eigenvalue weighted by molar-refractivity contribution is -0.140. The van der Waals surface area contributed by atoms with Gasteiger partial charge in [-0.25, -0.2) is 14.4 Å². The van der Waals surface area contributed by atoms with Gasteiger partial charge in [0, 0.05) is 17.2 Å². The molecule has 0 aromatic heterocycles. The van der Waals surface area contributed by atoms with Crippen molar-refractivity contribution in [2.75, 3.05) is 26.9 Å². The lowest BCUT2D eigenvalue weighted by Gasteiger charge is -1.99. The number of aliphatic hydroxyl groups is 1. The Morgan fingerprint density at radius 3 is 1.71 bits per heavy atom. The van der Waals surface area contributed by atoms with Crippen LogP contribution in [-0.4, -0.2) is 49.9 Å². The van der Waals surface area contributed by atoms with Gasteiger partial charge in [-0.05, 0) is 26.3 Å². The molecule has 0 heterocycles. The van der Waals surface area contributed by atoms with Gasteiger partial charge in [-0.2, -0.15) is 0 Å². The van der Waals surface area contributed by atoms with Crippen LogP contribution in [0.4, 0.5) is 0 Å². The van der Waals surface area contributed by atoms with Crippen molar-refractivity contribution >= 4 is 24.0 Å². The van der Waals surface area contributed by atoms with Crippen molar-refractivity contribution in [1.82, 2.24) is 0 Å². The minimum Gasteiger partial charge on any atom is -0.466 e. The second-order valence-electron chi connectivity index (χ2n) is 5.48. The number of hydrogen-bond acceptors (Lipinski definition) is 7. The molecule has 7 heteroatoms. The van der Waals surface area contributed by atoms with Crippen molar-refractivity contribution in [2.24, 2.45) is 0 Å². The number of benzene rings is 1. The number of aliphatic hydroxyl groups excluding tert-OH is 1. The fourth-order valence-electron chi connectivity index (χ4n) is 1.23. The zero-order valence-corrected chi connectivity index (χ0v) is 18.9. The van der Waals surface area contributed by atoms with Gasteiger partial charge >= 0.3 is 17.9 Å². The first-order valence-electron chi connectivity index (χ1n) is 9.25. The number of ether oxygens (including phenoxy) is 3. The maximum atomic E-state index is 10.5. The average Bonchev–Trinajstić information content (AvgIpc) is 2.78. The molecule has 0 bridgehead atoms. The maximum absolute atomic E-state index is 10.5. The van der Waals surface area contributed by atoms with Crippen LogP contribution < -0.4 is 0 Å². The van der Waals surface area contributed by atoms with Gasteiger partial charge in [0.1, 0.15) is 6.61 Å². The van der Waals surface area contributed by atoms with Crippen molar-refractivity contribution in [3.8, 4) is 0 Å². The smallest absolute Gasteiger partial charge is 0.333 e. The average molecular weight is 435 g/mol. The monoisotopic (exact) mass is 434 g/mol. The van der Waals surface area contributed by atoms with E-state index in [9.17, 15) is 14.4 Å². The molecule has 1 aromatic rings. The molecule has 31 heavy (non-hydrogen) atoms. The van der Waals surface area contributed by atoms with Crippen molar-refractivity contribution in [2.45, 2.75) is 20.8 Å². The molecule has 0 aliphatic heterocycles. The van der Waals surface area contributed by atoms with Gasteiger partial charge in [0.05, 0.1) is 20.3 Å². The predicted molar refractivity (Wildman–Crippen MR) is 123 cm³/mol. The molecule has 0 unspecified atom stereocenters. The molecule has 0 saturated heterocycles. The Kier molecular flexibility index (Phi) is 23.7. The zero-order chi connectivity index (χ0) is 24.7. The predicted octanol–water partition coefficient (Wildman–Crippen LogP) is 3.90.